The third-order valence-corrected chi connectivity index (χ3v) is 10.2. The quantitative estimate of drug-likeness (QED) is 0.177. The zero-order valence-corrected chi connectivity index (χ0v) is 28.8. The van der Waals surface area contributed by atoms with Crippen molar-refractivity contribution in [2.24, 2.45) is 0 Å². The molecule has 0 amide bonds. The number of hydrogen-bond acceptors (Lipinski definition) is 4. The number of fused-ring (bicyclic) bond motifs is 4. The molecule has 1 aliphatic heterocycles. The van der Waals surface area contributed by atoms with Gasteiger partial charge in [-0.05, 0) is 58.7 Å². The fraction of sp³-hybridized carbons (Fsp3) is 0.128. The normalized spacial score (nSPS) is 13.9. The van der Waals surface area contributed by atoms with Crippen LogP contribution >= 0.6 is 0 Å². The van der Waals surface area contributed by atoms with Crippen molar-refractivity contribution in [2.75, 3.05) is 18.1 Å². The third kappa shape index (κ3) is 5.35. The molecule has 0 atom stereocenters. The monoisotopic (exact) mass is 662 g/mol. The van der Waals surface area contributed by atoms with Crippen molar-refractivity contribution in [2.45, 2.75) is 25.7 Å². The number of benzene rings is 6. The largest absolute Gasteiger partial charge is 0.490 e. The third-order valence-electron chi connectivity index (χ3n) is 10.2. The second-order valence-electron chi connectivity index (χ2n) is 13.7. The summed E-state index contributed by atoms with van der Waals surface area (Å²) in [6.45, 7) is 5.90. The zero-order chi connectivity index (χ0) is 34.4. The van der Waals surface area contributed by atoms with Crippen molar-refractivity contribution in [1.29, 1.82) is 0 Å². The Balaban J connectivity index is 1.39. The summed E-state index contributed by atoms with van der Waals surface area (Å²) in [5.41, 5.74) is 14.1. The standard InChI is InChI=1S/C47H38N2O2/c1-47(2)38-24-13-12-22-36(38)44-39(47)26-27-42(45(44)37-23-14-25-43-46(37)51-29-15-28-50-43)49(34-20-10-5-11-21-34)35-30-40(32-16-6-3-7-17-32)48-41(31-35)33-18-8-4-9-19-33/h3-14,16-27,30-31H,15,28-29H2,1-2H3. The molecule has 0 saturated heterocycles. The molecule has 4 heteroatoms. The minimum absolute atomic E-state index is 0.183. The van der Waals surface area contributed by atoms with Gasteiger partial charge in [-0.2, -0.15) is 0 Å². The van der Waals surface area contributed by atoms with E-state index in [-0.39, 0.29) is 5.41 Å². The van der Waals surface area contributed by atoms with E-state index in [2.05, 4.69) is 158 Å². The minimum atomic E-state index is -0.183. The van der Waals surface area contributed by atoms with Gasteiger partial charge in [0, 0.05) is 39.8 Å². The molecule has 1 aliphatic carbocycles. The van der Waals surface area contributed by atoms with Crippen molar-refractivity contribution < 1.29 is 9.47 Å². The lowest BCUT2D eigenvalue weighted by Gasteiger charge is -2.31. The Bertz CT molecular complexity index is 2310. The first-order valence-corrected chi connectivity index (χ1v) is 17.7. The minimum Gasteiger partial charge on any atom is -0.490 e. The molecule has 1 aromatic heterocycles. The van der Waals surface area contributed by atoms with Gasteiger partial charge in [-0.1, -0.05) is 135 Å². The van der Waals surface area contributed by atoms with Gasteiger partial charge >= 0.3 is 0 Å². The number of hydrogen-bond donors (Lipinski definition) is 0. The number of ether oxygens (including phenoxy) is 2. The van der Waals surface area contributed by atoms with Gasteiger partial charge in [-0.15, -0.1) is 0 Å². The summed E-state index contributed by atoms with van der Waals surface area (Å²) >= 11 is 0. The molecule has 0 unspecified atom stereocenters. The SMILES string of the molecule is CC1(C)c2ccccc2-c2c1ccc(N(c1ccccc1)c1cc(-c3ccccc3)nc(-c3ccccc3)c1)c2-c1cccc2c1OCCCO2. The predicted molar refractivity (Wildman–Crippen MR) is 208 cm³/mol. The number of nitrogens with zero attached hydrogens (tertiary/aromatic N) is 2. The number of rotatable bonds is 6. The van der Waals surface area contributed by atoms with Crippen molar-refractivity contribution >= 4 is 17.1 Å². The summed E-state index contributed by atoms with van der Waals surface area (Å²) in [6, 6.07) is 55.8. The molecule has 0 saturated carbocycles. The molecule has 9 rings (SSSR count). The van der Waals surface area contributed by atoms with E-state index in [9.17, 15) is 0 Å². The van der Waals surface area contributed by atoms with Crippen LogP contribution < -0.4 is 14.4 Å². The molecule has 2 aliphatic rings. The highest BCUT2D eigenvalue weighted by molar-refractivity contribution is 6.03. The van der Waals surface area contributed by atoms with Crippen LogP contribution in [0.4, 0.5) is 17.1 Å². The molecular weight excluding hydrogens is 625 g/mol. The van der Waals surface area contributed by atoms with Crippen LogP contribution in [0.3, 0.4) is 0 Å². The number of anilines is 3. The summed E-state index contributed by atoms with van der Waals surface area (Å²) in [5.74, 6) is 1.58. The molecule has 0 fully saturated rings. The molecule has 2 heterocycles. The summed E-state index contributed by atoms with van der Waals surface area (Å²) in [7, 11) is 0. The van der Waals surface area contributed by atoms with Crippen LogP contribution in [-0.2, 0) is 5.41 Å². The first-order chi connectivity index (χ1) is 25.1. The fourth-order valence-electron chi connectivity index (χ4n) is 7.80. The first-order valence-electron chi connectivity index (χ1n) is 17.7. The Labute approximate surface area is 299 Å². The van der Waals surface area contributed by atoms with Crippen LogP contribution in [0.15, 0.2) is 158 Å². The van der Waals surface area contributed by atoms with Crippen molar-refractivity contribution in [1.82, 2.24) is 4.98 Å². The molecule has 0 radical (unpaired) electrons. The van der Waals surface area contributed by atoms with E-state index in [1.807, 2.05) is 18.2 Å². The van der Waals surface area contributed by atoms with Gasteiger partial charge in [-0.25, -0.2) is 4.98 Å². The highest BCUT2D eigenvalue weighted by atomic mass is 16.5. The molecule has 4 nitrogen and oxygen atoms in total. The van der Waals surface area contributed by atoms with Crippen LogP contribution in [0.5, 0.6) is 11.5 Å². The van der Waals surface area contributed by atoms with Crippen molar-refractivity contribution in [3.63, 3.8) is 0 Å². The van der Waals surface area contributed by atoms with Gasteiger partial charge in [0.1, 0.15) is 0 Å². The lowest BCUT2D eigenvalue weighted by molar-refractivity contribution is 0.297. The maximum atomic E-state index is 6.58. The maximum Gasteiger partial charge on any atom is 0.169 e. The average molecular weight is 663 g/mol. The Hall–Kier alpha value is -6.13. The summed E-state index contributed by atoms with van der Waals surface area (Å²) in [5, 5.41) is 0. The van der Waals surface area contributed by atoms with E-state index in [0.717, 1.165) is 68.6 Å². The van der Waals surface area contributed by atoms with Crippen LogP contribution in [0.25, 0.3) is 44.8 Å². The van der Waals surface area contributed by atoms with Crippen molar-refractivity contribution in [3.05, 3.63) is 169 Å². The molecule has 51 heavy (non-hydrogen) atoms. The maximum absolute atomic E-state index is 6.58. The van der Waals surface area contributed by atoms with Gasteiger partial charge in [0.05, 0.1) is 36.0 Å². The number of pyridine rings is 1. The smallest absolute Gasteiger partial charge is 0.169 e. The Morgan fingerprint density at radius 1 is 0.529 bits per heavy atom. The summed E-state index contributed by atoms with van der Waals surface area (Å²) in [4.78, 5) is 7.63. The second kappa shape index (κ2) is 12.6. The Morgan fingerprint density at radius 2 is 1.14 bits per heavy atom. The predicted octanol–water partition coefficient (Wildman–Crippen LogP) is 12.0. The van der Waals surface area contributed by atoms with Gasteiger partial charge in [-0.3, -0.25) is 0 Å². The fourth-order valence-corrected chi connectivity index (χ4v) is 7.80. The molecule has 0 spiro atoms. The highest BCUT2D eigenvalue weighted by Gasteiger charge is 2.39. The van der Waals surface area contributed by atoms with E-state index < -0.39 is 0 Å². The van der Waals surface area contributed by atoms with Gasteiger partial charge in [0.15, 0.2) is 11.5 Å². The average Bonchev–Trinajstić information content (AvgIpc) is 3.30. The lowest BCUT2D eigenvalue weighted by atomic mass is 9.81. The number of aromatic nitrogens is 1. The Morgan fingerprint density at radius 3 is 1.84 bits per heavy atom. The molecular formula is C47H38N2O2. The topological polar surface area (TPSA) is 34.6 Å². The molecule has 7 aromatic rings. The molecule has 248 valence electrons. The summed E-state index contributed by atoms with van der Waals surface area (Å²) < 4.78 is 12.9. The first kappa shape index (κ1) is 30.9. The van der Waals surface area contributed by atoms with E-state index >= 15 is 0 Å². The van der Waals surface area contributed by atoms with E-state index in [4.69, 9.17) is 14.5 Å². The second-order valence-corrected chi connectivity index (χ2v) is 13.7. The van der Waals surface area contributed by atoms with Crippen LogP contribution in [0.1, 0.15) is 31.4 Å². The molecule has 6 aromatic carbocycles. The lowest BCUT2D eigenvalue weighted by Crippen LogP contribution is -2.16. The molecule has 0 N–H and O–H groups in total. The molecule has 0 bridgehead atoms. The van der Waals surface area contributed by atoms with Gasteiger partial charge < -0.3 is 14.4 Å². The van der Waals surface area contributed by atoms with E-state index in [1.165, 1.54) is 22.3 Å². The zero-order valence-electron chi connectivity index (χ0n) is 28.8. The van der Waals surface area contributed by atoms with Gasteiger partial charge in [0.2, 0.25) is 0 Å². The highest BCUT2D eigenvalue weighted by Crippen LogP contribution is 2.58. The van der Waals surface area contributed by atoms with E-state index in [0.29, 0.717) is 13.2 Å². The van der Waals surface area contributed by atoms with Crippen molar-refractivity contribution in [3.8, 4) is 56.3 Å². The number of para-hydroxylation sites is 2. The van der Waals surface area contributed by atoms with Crippen LogP contribution in [-0.4, -0.2) is 18.2 Å². The van der Waals surface area contributed by atoms with E-state index in [1.54, 1.807) is 0 Å². The van der Waals surface area contributed by atoms with Crippen LogP contribution in [0, 0.1) is 0 Å². The Kier molecular flexibility index (Phi) is 7.66. The van der Waals surface area contributed by atoms with Gasteiger partial charge in [0.25, 0.3) is 0 Å². The van der Waals surface area contributed by atoms with Crippen LogP contribution in [0.2, 0.25) is 0 Å². The summed E-state index contributed by atoms with van der Waals surface area (Å²) in [6.07, 6.45) is 0.835.